The summed E-state index contributed by atoms with van der Waals surface area (Å²) < 4.78 is 9.90. The molecule has 8 heteroatoms. The minimum atomic E-state index is -0.596. The molecule has 0 aromatic carbocycles. The Morgan fingerprint density at radius 1 is 1.33 bits per heavy atom. The zero-order chi connectivity index (χ0) is 16.0. The molecule has 8 nitrogen and oxygen atoms in total. The third-order valence-corrected chi connectivity index (χ3v) is 3.25. The van der Waals surface area contributed by atoms with E-state index >= 15 is 0 Å². The van der Waals surface area contributed by atoms with Crippen LogP contribution in [0, 0.1) is 5.92 Å². The van der Waals surface area contributed by atoms with Gasteiger partial charge < -0.3 is 14.8 Å². The summed E-state index contributed by atoms with van der Waals surface area (Å²) in [6.07, 6.45) is 0.909. The van der Waals surface area contributed by atoms with Crippen molar-refractivity contribution in [3.05, 3.63) is 10.4 Å². The largest absolute Gasteiger partial charge is 0.469 e. The monoisotopic (exact) mass is 298 g/mol. The van der Waals surface area contributed by atoms with Crippen LogP contribution in [0.25, 0.3) is 10.4 Å². The van der Waals surface area contributed by atoms with E-state index in [-0.39, 0.29) is 17.9 Å². The normalized spacial score (nSPS) is 25.4. The highest BCUT2D eigenvalue weighted by Gasteiger charge is 2.35. The van der Waals surface area contributed by atoms with Gasteiger partial charge in [0.2, 0.25) is 0 Å². The number of hydrogen-bond acceptors (Lipinski definition) is 5. The Labute approximate surface area is 123 Å². The molecule has 21 heavy (non-hydrogen) atoms. The van der Waals surface area contributed by atoms with E-state index in [9.17, 15) is 9.59 Å². The second-order valence-electron chi connectivity index (χ2n) is 6.06. The number of nitrogens with zero attached hydrogens (tertiary/aromatic N) is 3. The Kier molecular flexibility index (Phi) is 5.84. The van der Waals surface area contributed by atoms with Crippen molar-refractivity contribution >= 4 is 12.1 Å². The quantitative estimate of drug-likeness (QED) is 0.373. The number of nitrogens with one attached hydrogen (secondary N) is 1. The lowest BCUT2D eigenvalue weighted by atomic mass is 9.82. The average molecular weight is 298 g/mol. The van der Waals surface area contributed by atoms with E-state index in [0.717, 1.165) is 0 Å². The summed E-state index contributed by atoms with van der Waals surface area (Å²) in [6, 6.07) is -0.822. The summed E-state index contributed by atoms with van der Waals surface area (Å²) in [6.45, 7) is 5.31. The molecule has 0 aromatic heterocycles. The first kappa shape index (κ1) is 17.1. The fraction of sp³-hybridized carbons (Fsp3) is 0.846. The van der Waals surface area contributed by atoms with Crippen LogP contribution < -0.4 is 5.32 Å². The summed E-state index contributed by atoms with van der Waals surface area (Å²) in [5, 5.41) is 6.39. The summed E-state index contributed by atoms with van der Waals surface area (Å²) >= 11 is 0. The lowest BCUT2D eigenvalue weighted by Crippen LogP contribution is -2.48. The van der Waals surface area contributed by atoms with Gasteiger partial charge in [-0.3, -0.25) is 4.79 Å². The molecule has 1 rings (SSSR count). The third kappa shape index (κ3) is 5.51. The predicted octanol–water partition coefficient (Wildman–Crippen LogP) is 2.53. The van der Waals surface area contributed by atoms with Gasteiger partial charge in [-0.1, -0.05) is 5.11 Å². The third-order valence-electron chi connectivity index (χ3n) is 3.25. The van der Waals surface area contributed by atoms with Crippen molar-refractivity contribution in [2.24, 2.45) is 11.0 Å². The van der Waals surface area contributed by atoms with Crippen molar-refractivity contribution in [3.8, 4) is 0 Å². The Balaban J connectivity index is 2.68. The Hall–Kier alpha value is -1.95. The number of methoxy groups -OCH3 is 1. The highest BCUT2D eigenvalue weighted by Crippen LogP contribution is 2.28. The van der Waals surface area contributed by atoms with Crippen LogP contribution in [0.15, 0.2) is 5.11 Å². The molecule has 1 aliphatic carbocycles. The van der Waals surface area contributed by atoms with Crippen molar-refractivity contribution in [2.75, 3.05) is 7.11 Å². The maximum Gasteiger partial charge on any atom is 0.407 e. The van der Waals surface area contributed by atoms with E-state index in [1.165, 1.54) is 7.11 Å². The van der Waals surface area contributed by atoms with Gasteiger partial charge in [0.1, 0.15) is 5.60 Å². The first-order chi connectivity index (χ1) is 9.76. The van der Waals surface area contributed by atoms with Crippen LogP contribution in [0.2, 0.25) is 0 Å². The fourth-order valence-electron chi connectivity index (χ4n) is 2.35. The van der Waals surface area contributed by atoms with E-state index in [1.807, 2.05) is 0 Å². The number of azide groups is 1. The van der Waals surface area contributed by atoms with Crippen LogP contribution >= 0.6 is 0 Å². The first-order valence-electron chi connectivity index (χ1n) is 6.88. The Morgan fingerprint density at radius 3 is 2.52 bits per heavy atom. The molecule has 1 N–H and O–H groups in total. The zero-order valence-corrected chi connectivity index (χ0v) is 12.8. The number of carbonyl (C=O) groups excluding carboxylic acids is 2. The maximum absolute atomic E-state index is 11.8. The molecule has 3 atom stereocenters. The van der Waals surface area contributed by atoms with Crippen molar-refractivity contribution in [2.45, 2.75) is 57.7 Å². The molecule has 0 unspecified atom stereocenters. The second kappa shape index (κ2) is 7.17. The number of amides is 1. The van der Waals surface area contributed by atoms with Gasteiger partial charge in [0, 0.05) is 11.0 Å². The van der Waals surface area contributed by atoms with Crippen molar-refractivity contribution in [1.29, 1.82) is 0 Å². The van der Waals surface area contributed by atoms with Crippen molar-refractivity contribution < 1.29 is 19.1 Å². The SMILES string of the molecule is COC(=O)[C@H]1CC[C@@H](NC(=O)OC(C)(C)C)[C@@H](N=[N+]=[N-])C1. The summed E-state index contributed by atoms with van der Waals surface area (Å²) in [4.78, 5) is 26.1. The zero-order valence-electron chi connectivity index (χ0n) is 12.8. The van der Waals surface area contributed by atoms with E-state index < -0.39 is 17.7 Å². The minimum Gasteiger partial charge on any atom is -0.469 e. The molecule has 0 aliphatic heterocycles. The van der Waals surface area contributed by atoms with Crippen LogP contribution in [0.4, 0.5) is 4.79 Å². The van der Waals surface area contributed by atoms with Gasteiger partial charge in [-0.2, -0.15) is 0 Å². The highest BCUT2D eigenvalue weighted by molar-refractivity contribution is 5.72. The average Bonchev–Trinajstić information content (AvgIpc) is 2.38. The Bertz CT molecular complexity index is 440. The molecule has 0 saturated heterocycles. The molecule has 1 amide bonds. The molecule has 1 aliphatic rings. The van der Waals surface area contributed by atoms with Gasteiger partial charge in [0.15, 0.2) is 0 Å². The van der Waals surface area contributed by atoms with Crippen LogP contribution in [-0.4, -0.2) is 36.9 Å². The summed E-state index contributed by atoms with van der Waals surface area (Å²) in [5.74, 6) is -0.619. The molecule has 0 spiro atoms. The van der Waals surface area contributed by atoms with Gasteiger partial charge in [-0.05, 0) is 45.6 Å². The lowest BCUT2D eigenvalue weighted by Gasteiger charge is -2.33. The van der Waals surface area contributed by atoms with Crippen LogP contribution in [0.1, 0.15) is 40.0 Å². The number of hydrogen-bond donors (Lipinski definition) is 1. The molecule has 0 bridgehead atoms. The molecular formula is C13H22N4O4. The van der Waals surface area contributed by atoms with Crippen LogP contribution in [0.3, 0.4) is 0 Å². The lowest BCUT2D eigenvalue weighted by molar-refractivity contribution is -0.146. The number of rotatable bonds is 3. The van der Waals surface area contributed by atoms with E-state index in [1.54, 1.807) is 20.8 Å². The maximum atomic E-state index is 11.8. The standard InChI is InChI=1S/C13H22N4O4/c1-13(2,3)21-12(19)15-9-6-5-8(11(18)20-4)7-10(9)16-17-14/h8-10H,5-7H2,1-4H3,(H,15,19)/t8-,9+,10-/m0/s1. The smallest absolute Gasteiger partial charge is 0.407 e. The predicted molar refractivity (Wildman–Crippen MR) is 75.4 cm³/mol. The van der Waals surface area contributed by atoms with Gasteiger partial charge in [-0.25, -0.2) is 4.79 Å². The molecule has 0 aromatic rings. The fourth-order valence-corrected chi connectivity index (χ4v) is 2.35. The van der Waals surface area contributed by atoms with E-state index in [4.69, 9.17) is 15.0 Å². The molecular weight excluding hydrogens is 276 g/mol. The van der Waals surface area contributed by atoms with E-state index in [0.29, 0.717) is 19.3 Å². The second-order valence-corrected chi connectivity index (χ2v) is 6.06. The number of esters is 1. The molecule has 1 fully saturated rings. The first-order valence-corrected chi connectivity index (χ1v) is 6.88. The van der Waals surface area contributed by atoms with E-state index in [2.05, 4.69) is 15.3 Å². The Morgan fingerprint density at radius 2 is 2.00 bits per heavy atom. The number of alkyl carbamates (subject to hydrolysis) is 1. The topological polar surface area (TPSA) is 113 Å². The summed E-state index contributed by atoms with van der Waals surface area (Å²) in [7, 11) is 1.33. The van der Waals surface area contributed by atoms with Gasteiger partial charge in [0.05, 0.1) is 19.1 Å². The number of carbonyl (C=O) groups is 2. The van der Waals surface area contributed by atoms with Crippen LogP contribution in [-0.2, 0) is 14.3 Å². The highest BCUT2D eigenvalue weighted by atomic mass is 16.6. The number of ether oxygens (including phenoxy) is 2. The van der Waals surface area contributed by atoms with Gasteiger partial charge in [-0.15, -0.1) is 0 Å². The van der Waals surface area contributed by atoms with Crippen molar-refractivity contribution in [1.82, 2.24) is 5.32 Å². The minimum absolute atomic E-state index is 0.304. The molecule has 0 heterocycles. The molecule has 118 valence electrons. The van der Waals surface area contributed by atoms with Gasteiger partial charge >= 0.3 is 12.1 Å². The summed E-state index contributed by atoms with van der Waals surface area (Å²) in [5.41, 5.74) is 8.04. The van der Waals surface area contributed by atoms with Gasteiger partial charge in [0.25, 0.3) is 0 Å². The molecule has 0 radical (unpaired) electrons. The molecule has 1 saturated carbocycles. The van der Waals surface area contributed by atoms with Crippen LogP contribution in [0.5, 0.6) is 0 Å². The van der Waals surface area contributed by atoms with Crippen molar-refractivity contribution in [3.63, 3.8) is 0 Å².